The van der Waals surface area contributed by atoms with Crippen LogP contribution in [0, 0.1) is 6.92 Å². The summed E-state index contributed by atoms with van der Waals surface area (Å²) in [6.07, 6.45) is 2.99. The minimum absolute atomic E-state index is 0.117. The van der Waals surface area contributed by atoms with E-state index in [1.165, 1.54) is 16.8 Å². The first-order valence-electron chi connectivity index (χ1n) is 11.5. The summed E-state index contributed by atoms with van der Waals surface area (Å²) >= 11 is 0. The molecule has 6 nitrogen and oxygen atoms in total. The molecule has 4 rings (SSSR count). The van der Waals surface area contributed by atoms with Crippen molar-refractivity contribution in [2.75, 3.05) is 23.5 Å². The van der Waals surface area contributed by atoms with Crippen molar-refractivity contribution in [2.45, 2.75) is 84.5 Å². The molecule has 0 unspecified atom stereocenters. The number of fused-ring (bicyclic) bond motifs is 1. The monoisotopic (exact) mass is 424 g/mol. The number of piperidine rings is 1. The van der Waals surface area contributed by atoms with Crippen molar-refractivity contribution >= 4 is 11.5 Å². The number of benzene rings is 1. The lowest BCUT2D eigenvalue weighted by molar-refractivity contribution is 0.0611. The number of anilines is 2. The van der Waals surface area contributed by atoms with Gasteiger partial charge in [-0.1, -0.05) is 26.0 Å². The van der Waals surface area contributed by atoms with Gasteiger partial charge in [0, 0.05) is 50.0 Å². The van der Waals surface area contributed by atoms with E-state index in [0.29, 0.717) is 5.92 Å². The molecule has 6 heteroatoms. The molecule has 1 saturated heterocycles. The van der Waals surface area contributed by atoms with Crippen LogP contribution in [0.25, 0.3) is 0 Å². The van der Waals surface area contributed by atoms with Crippen molar-refractivity contribution in [2.24, 2.45) is 0 Å². The molecule has 3 atom stereocenters. The van der Waals surface area contributed by atoms with E-state index in [9.17, 15) is 5.11 Å². The van der Waals surface area contributed by atoms with Crippen LogP contribution in [0.5, 0.6) is 6.01 Å². The van der Waals surface area contributed by atoms with Crippen molar-refractivity contribution < 1.29 is 9.84 Å². The molecule has 0 bridgehead atoms. The lowest BCUT2D eigenvalue weighted by atomic mass is 9.93. The number of nitrogens with zero attached hydrogens (tertiary/aromatic N) is 4. The zero-order valence-corrected chi connectivity index (χ0v) is 19.7. The van der Waals surface area contributed by atoms with E-state index in [1.54, 1.807) is 7.11 Å². The van der Waals surface area contributed by atoms with Crippen LogP contribution in [-0.2, 0) is 17.7 Å². The average molecular weight is 425 g/mol. The Balaban J connectivity index is 1.71. The minimum atomic E-state index is -0.117. The van der Waals surface area contributed by atoms with Gasteiger partial charge in [0.15, 0.2) is 0 Å². The zero-order valence-electron chi connectivity index (χ0n) is 19.7. The highest BCUT2D eigenvalue weighted by atomic mass is 16.5. The van der Waals surface area contributed by atoms with Crippen molar-refractivity contribution in [3.8, 4) is 6.01 Å². The predicted molar refractivity (Wildman–Crippen MR) is 125 cm³/mol. The third kappa shape index (κ3) is 4.22. The van der Waals surface area contributed by atoms with Gasteiger partial charge in [-0.2, -0.15) is 9.97 Å². The number of hydrogen-bond acceptors (Lipinski definition) is 6. The van der Waals surface area contributed by atoms with Crippen LogP contribution in [0.2, 0.25) is 0 Å². The van der Waals surface area contributed by atoms with Gasteiger partial charge in [-0.3, -0.25) is 0 Å². The smallest absolute Gasteiger partial charge is 0.316 e. The molecule has 0 saturated carbocycles. The number of hydrogen-bond donors (Lipinski definition) is 1. The molecule has 0 radical (unpaired) electrons. The van der Waals surface area contributed by atoms with Gasteiger partial charge in [-0.15, -0.1) is 0 Å². The third-order valence-corrected chi connectivity index (χ3v) is 7.00. The number of aromatic hydroxyl groups is 1. The Morgan fingerprint density at radius 3 is 2.48 bits per heavy atom. The maximum absolute atomic E-state index is 10.3. The van der Waals surface area contributed by atoms with Gasteiger partial charge >= 0.3 is 6.01 Å². The van der Waals surface area contributed by atoms with Gasteiger partial charge < -0.3 is 19.6 Å². The van der Waals surface area contributed by atoms with Crippen LogP contribution >= 0.6 is 0 Å². The van der Waals surface area contributed by atoms with Gasteiger partial charge in [-0.25, -0.2) is 0 Å². The molecular formula is C25H36N4O2. The quantitative estimate of drug-likeness (QED) is 0.776. The third-order valence-electron chi connectivity index (χ3n) is 7.00. The van der Waals surface area contributed by atoms with E-state index in [-0.39, 0.29) is 24.2 Å². The fourth-order valence-corrected chi connectivity index (χ4v) is 5.26. The lowest BCUT2D eigenvalue weighted by Gasteiger charge is -2.44. The van der Waals surface area contributed by atoms with Gasteiger partial charge in [0.2, 0.25) is 0 Å². The fraction of sp³-hybridized carbons (Fsp3) is 0.600. The van der Waals surface area contributed by atoms with Crippen LogP contribution in [0.3, 0.4) is 0 Å². The molecular weight excluding hydrogens is 388 g/mol. The molecule has 2 aliphatic heterocycles. The molecule has 1 aromatic carbocycles. The predicted octanol–water partition coefficient (Wildman–Crippen LogP) is 4.57. The molecule has 2 aromatic rings. The maximum Gasteiger partial charge on any atom is 0.316 e. The summed E-state index contributed by atoms with van der Waals surface area (Å²) in [6, 6.07) is 7.25. The highest BCUT2D eigenvalue weighted by molar-refractivity contribution is 5.60. The number of methoxy groups -OCH3 is 1. The van der Waals surface area contributed by atoms with E-state index >= 15 is 0 Å². The van der Waals surface area contributed by atoms with Crippen LogP contribution in [0.1, 0.15) is 68.8 Å². The van der Waals surface area contributed by atoms with E-state index in [1.807, 2.05) is 0 Å². The number of aromatic nitrogens is 2. The average Bonchev–Trinajstić information content (AvgIpc) is 2.73. The van der Waals surface area contributed by atoms with Crippen molar-refractivity contribution in [3.05, 3.63) is 40.6 Å². The Morgan fingerprint density at radius 1 is 1.13 bits per heavy atom. The van der Waals surface area contributed by atoms with Gasteiger partial charge in [-0.05, 0) is 56.7 Å². The maximum atomic E-state index is 10.3. The van der Waals surface area contributed by atoms with Gasteiger partial charge in [0.05, 0.1) is 11.8 Å². The SMILES string of the molecule is CO[C@H]1C[C@@H](C)N(c2nc(O)nc3c2CN(c2cc(C(C)C)ccc2C)CC3)[C@@H](C)C1. The first-order valence-corrected chi connectivity index (χ1v) is 11.5. The lowest BCUT2D eigenvalue weighted by Crippen LogP contribution is -2.50. The first kappa shape index (κ1) is 21.9. The molecule has 2 aliphatic rings. The second-order valence-corrected chi connectivity index (χ2v) is 9.58. The van der Waals surface area contributed by atoms with Crippen LogP contribution < -0.4 is 9.80 Å². The summed E-state index contributed by atoms with van der Waals surface area (Å²) in [5, 5.41) is 10.3. The molecule has 0 spiro atoms. The van der Waals surface area contributed by atoms with Crippen LogP contribution in [-0.4, -0.2) is 46.9 Å². The van der Waals surface area contributed by atoms with Crippen molar-refractivity contribution in [3.63, 3.8) is 0 Å². The normalized spacial score (nSPS) is 23.9. The van der Waals surface area contributed by atoms with Crippen LogP contribution in [0.4, 0.5) is 11.5 Å². The summed E-state index contributed by atoms with van der Waals surface area (Å²) < 4.78 is 5.65. The van der Waals surface area contributed by atoms with E-state index in [4.69, 9.17) is 4.74 Å². The first-order chi connectivity index (χ1) is 14.8. The summed E-state index contributed by atoms with van der Waals surface area (Å²) in [6.45, 7) is 12.8. The topological polar surface area (TPSA) is 61.7 Å². The molecule has 0 amide bonds. The van der Waals surface area contributed by atoms with E-state index in [0.717, 1.165) is 49.4 Å². The number of aryl methyl sites for hydroxylation is 1. The Labute approximate surface area is 186 Å². The van der Waals surface area contributed by atoms with Gasteiger partial charge in [0.25, 0.3) is 0 Å². The Morgan fingerprint density at radius 2 is 1.84 bits per heavy atom. The second-order valence-electron chi connectivity index (χ2n) is 9.58. The second kappa shape index (κ2) is 8.65. The van der Waals surface area contributed by atoms with Crippen molar-refractivity contribution in [1.82, 2.24) is 9.97 Å². The summed E-state index contributed by atoms with van der Waals surface area (Å²) in [5.74, 6) is 1.38. The van der Waals surface area contributed by atoms with E-state index < -0.39 is 0 Å². The molecule has 31 heavy (non-hydrogen) atoms. The highest BCUT2D eigenvalue weighted by Gasteiger charge is 2.35. The highest BCUT2D eigenvalue weighted by Crippen LogP contribution is 2.37. The van der Waals surface area contributed by atoms with Crippen molar-refractivity contribution in [1.29, 1.82) is 0 Å². The molecule has 1 N–H and O–H groups in total. The Kier molecular flexibility index (Phi) is 6.11. The number of ether oxygens (including phenoxy) is 1. The molecule has 1 fully saturated rings. The molecule has 1 aromatic heterocycles. The molecule has 0 aliphatic carbocycles. The number of rotatable bonds is 4. The summed E-state index contributed by atoms with van der Waals surface area (Å²) in [4.78, 5) is 13.8. The summed E-state index contributed by atoms with van der Waals surface area (Å²) in [7, 11) is 1.80. The molecule has 3 heterocycles. The fourth-order valence-electron chi connectivity index (χ4n) is 5.26. The summed E-state index contributed by atoms with van der Waals surface area (Å²) in [5.41, 5.74) is 6.06. The Hall–Kier alpha value is -2.34. The zero-order chi connectivity index (χ0) is 22.3. The van der Waals surface area contributed by atoms with Crippen LogP contribution in [0.15, 0.2) is 18.2 Å². The van der Waals surface area contributed by atoms with E-state index in [2.05, 4.69) is 72.6 Å². The van der Waals surface area contributed by atoms with Gasteiger partial charge in [0.1, 0.15) is 5.82 Å². The minimum Gasteiger partial charge on any atom is -0.479 e. The Bertz CT molecular complexity index is 933. The molecule has 168 valence electrons. The largest absolute Gasteiger partial charge is 0.479 e. The standard InChI is InChI=1S/C25H36N4O2/c1-15(2)19-8-7-16(3)23(13-19)28-10-9-22-21(14-28)24(27-25(30)26-22)29-17(4)11-20(31-6)12-18(29)5/h7-8,13,15,17-18,20H,9-12,14H2,1-6H3,(H,26,27,30)/t17-,18+,20+.